The molecule has 0 atom stereocenters. The van der Waals surface area contributed by atoms with Gasteiger partial charge in [0, 0.05) is 22.5 Å². The molecule has 0 radical (unpaired) electrons. The highest BCUT2D eigenvalue weighted by Gasteiger charge is 2.17. The fourth-order valence-corrected chi connectivity index (χ4v) is 3.82. The van der Waals surface area contributed by atoms with Gasteiger partial charge in [-0.25, -0.2) is 9.78 Å². The first-order valence-electron chi connectivity index (χ1n) is 10.9. The van der Waals surface area contributed by atoms with Crippen molar-refractivity contribution in [1.29, 1.82) is 0 Å². The van der Waals surface area contributed by atoms with E-state index < -0.39 is 0 Å². The minimum absolute atomic E-state index is 0.307. The number of carbonyl (C=O) groups excluding carboxylic acids is 1. The second-order valence-electron chi connectivity index (χ2n) is 7.60. The highest BCUT2D eigenvalue weighted by Crippen LogP contribution is 2.36. The molecule has 2 heterocycles. The SMILES string of the molecule is CCOC(=O)c1ccnc(-n2c(C)ccc2-c2cc(Cl)ccc2OCc2ccc(OC)cc2)c1. The zero-order valence-corrected chi connectivity index (χ0v) is 20.0. The van der Waals surface area contributed by atoms with Gasteiger partial charge in [0.1, 0.15) is 23.9 Å². The van der Waals surface area contributed by atoms with Crippen molar-refractivity contribution in [3.63, 3.8) is 0 Å². The molecule has 2 aromatic carbocycles. The molecule has 7 heteroatoms. The highest BCUT2D eigenvalue weighted by atomic mass is 35.5. The van der Waals surface area contributed by atoms with E-state index in [1.165, 1.54) is 0 Å². The van der Waals surface area contributed by atoms with Gasteiger partial charge in [-0.2, -0.15) is 0 Å². The molecule has 4 aromatic rings. The van der Waals surface area contributed by atoms with Crippen molar-refractivity contribution in [1.82, 2.24) is 9.55 Å². The smallest absolute Gasteiger partial charge is 0.338 e. The zero-order valence-electron chi connectivity index (χ0n) is 19.2. The van der Waals surface area contributed by atoms with E-state index in [0.29, 0.717) is 35.4 Å². The number of nitrogens with zero attached hydrogens (tertiary/aromatic N) is 2. The summed E-state index contributed by atoms with van der Waals surface area (Å²) in [6.45, 7) is 4.45. The van der Waals surface area contributed by atoms with Crippen LogP contribution in [0, 0.1) is 6.92 Å². The molecule has 0 saturated heterocycles. The standard InChI is InChI=1S/C27H25ClN2O4/c1-4-33-27(31)20-13-14-29-26(15-20)30-18(2)5-11-24(30)23-16-21(28)8-12-25(23)34-17-19-6-9-22(32-3)10-7-19/h5-16H,4,17H2,1-3H3. The van der Waals surface area contributed by atoms with Crippen LogP contribution in [0.25, 0.3) is 17.1 Å². The molecule has 0 fully saturated rings. The lowest BCUT2D eigenvalue weighted by molar-refractivity contribution is 0.0526. The number of benzene rings is 2. The molecule has 34 heavy (non-hydrogen) atoms. The van der Waals surface area contributed by atoms with Crippen LogP contribution in [0.1, 0.15) is 28.5 Å². The largest absolute Gasteiger partial charge is 0.497 e. The Hall–Kier alpha value is -3.77. The Morgan fingerprint density at radius 1 is 1.03 bits per heavy atom. The molecule has 0 saturated carbocycles. The van der Waals surface area contributed by atoms with Gasteiger partial charge in [-0.15, -0.1) is 0 Å². The Morgan fingerprint density at radius 2 is 1.82 bits per heavy atom. The van der Waals surface area contributed by atoms with Gasteiger partial charge in [-0.3, -0.25) is 4.57 Å². The molecule has 0 aliphatic carbocycles. The lowest BCUT2D eigenvalue weighted by Crippen LogP contribution is -2.08. The summed E-state index contributed by atoms with van der Waals surface area (Å²) in [5, 5.41) is 0.588. The van der Waals surface area contributed by atoms with Crippen LogP contribution in [0.3, 0.4) is 0 Å². The van der Waals surface area contributed by atoms with Crippen LogP contribution in [0.15, 0.2) is 72.9 Å². The number of methoxy groups -OCH3 is 1. The number of carbonyl (C=O) groups is 1. The fourth-order valence-electron chi connectivity index (χ4n) is 3.65. The Labute approximate surface area is 203 Å². The van der Waals surface area contributed by atoms with Crippen LogP contribution < -0.4 is 9.47 Å². The number of aryl methyl sites for hydroxylation is 1. The molecule has 0 amide bonds. The molecule has 174 valence electrons. The van der Waals surface area contributed by atoms with Crippen molar-refractivity contribution in [2.75, 3.05) is 13.7 Å². The number of hydrogen-bond donors (Lipinski definition) is 0. The monoisotopic (exact) mass is 476 g/mol. The lowest BCUT2D eigenvalue weighted by atomic mass is 10.1. The van der Waals surface area contributed by atoms with Crippen molar-refractivity contribution in [2.45, 2.75) is 20.5 Å². The van der Waals surface area contributed by atoms with E-state index in [-0.39, 0.29) is 5.97 Å². The Kier molecular flexibility index (Phi) is 7.18. The van der Waals surface area contributed by atoms with Gasteiger partial charge in [0.25, 0.3) is 0 Å². The van der Waals surface area contributed by atoms with Crippen LogP contribution in [-0.4, -0.2) is 29.2 Å². The minimum Gasteiger partial charge on any atom is -0.497 e. The van der Waals surface area contributed by atoms with Crippen LogP contribution in [0.4, 0.5) is 0 Å². The van der Waals surface area contributed by atoms with E-state index in [1.54, 1.807) is 38.4 Å². The number of aromatic nitrogens is 2. The Morgan fingerprint density at radius 3 is 2.56 bits per heavy atom. The minimum atomic E-state index is -0.385. The number of hydrogen-bond acceptors (Lipinski definition) is 5. The lowest BCUT2D eigenvalue weighted by Gasteiger charge is -2.16. The van der Waals surface area contributed by atoms with Crippen LogP contribution in [0.2, 0.25) is 5.02 Å². The third kappa shape index (κ3) is 5.07. The summed E-state index contributed by atoms with van der Waals surface area (Å²) in [5.41, 5.74) is 4.06. The fraction of sp³-hybridized carbons (Fsp3) is 0.185. The number of pyridine rings is 1. The van der Waals surface area contributed by atoms with Gasteiger partial charge in [0.15, 0.2) is 0 Å². The molecule has 0 spiro atoms. The van der Waals surface area contributed by atoms with Gasteiger partial charge < -0.3 is 14.2 Å². The Balaban J connectivity index is 1.70. The van der Waals surface area contributed by atoms with Crippen LogP contribution in [0.5, 0.6) is 11.5 Å². The van der Waals surface area contributed by atoms with E-state index in [4.69, 9.17) is 25.8 Å². The predicted octanol–water partition coefficient (Wildman–Crippen LogP) is 6.27. The summed E-state index contributed by atoms with van der Waals surface area (Å²) in [6.07, 6.45) is 1.60. The van der Waals surface area contributed by atoms with Gasteiger partial charge in [-0.1, -0.05) is 23.7 Å². The van der Waals surface area contributed by atoms with Gasteiger partial charge in [-0.05, 0) is 74.0 Å². The number of halogens is 1. The molecule has 0 N–H and O–H groups in total. The van der Waals surface area contributed by atoms with Crippen molar-refractivity contribution in [3.05, 3.63) is 94.8 Å². The van der Waals surface area contributed by atoms with Crippen LogP contribution >= 0.6 is 11.6 Å². The third-order valence-corrected chi connectivity index (χ3v) is 5.57. The Bertz CT molecular complexity index is 1300. The topological polar surface area (TPSA) is 62.6 Å². The second-order valence-corrected chi connectivity index (χ2v) is 8.03. The van der Waals surface area contributed by atoms with Gasteiger partial charge in [0.05, 0.1) is 25.0 Å². The van der Waals surface area contributed by atoms with Gasteiger partial charge >= 0.3 is 5.97 Å². The molecule has 0 unspecified atom stereocenters. The first kappa shape index (κ1) is 23.4. The number of esters is 1. The number of ether oxygens (including phenoxy) is 3. The van der Waals surface area contributed by atoms with Crippen molar-refractivity contribution in [2.24, 2.45) is 0 Å². The molecule has 0 aliphatic heterocycles. The average Bonchev–Trinajstić information content (AvgIpc) is 3.25. The molecular formula is C27H25ClN2O4. The van der Waals surface area contributed by atoms with E-state index >= 15 is 0 Å². The highest BCUT2D eigenvalue weighted by molar-refractivity contribution is 6.31. The van der Waals surface area contributed by atoms with E-state index in [9.17, 15) is 4.79 Å². The zero-order chi connectivity index (χ0) is 24.1. The molecule has 2 aromatic heterocycles. The summed E-state index contributed by atoms with van der Waals surface area (Å²) in [7, 11) is 1.64. The summed E-state index contributed by atoms with van der Waals surface area (Å²) >= 11 is 6.37. The predicted molar refractivity (Wildman–Crippen MR) is 132 cm³/mol. The summed E-state index contributed by atoms with van der Waals surface area (Å²) in [5.74, 6) is 1.69. The number of rotatable bonds is 8. The molecule has 0 bridgehead atoms. The molecule has 4 rings (SSSR count). The first-order chi connectivity index (χ1) is 16.5. The maximum absolute atomic E-state index is 12.3. The molecule has 0 aliphatic rings. The van der Waals surface area contributed by atoms with Crippen molar-refractivity contribution in [3.8, 4) is 28.6 Å². The molecular weight excluding hydrogens is 452 g/mol. The van der Waals surface area contributed by atoms with Gasteiger partial charge in [0.2, 0.25) is 0 Å². The maximum Gasteiger partial charge on any atom is 0.338 e. The summed E-state index contributed by atoms with van der Waals surface area (Å²) < 4.78 is 18.5. The normalized spacial score (nSPS) is 10.7. The van der Waals surface area contributed by atoms with Crippen molar-refractivity contribution < 1.29 is 19.0 Å². The van der Waals surface area contributed by atoms with E-state index in [1.807, 2.05) is 60.0 Å². The van der Waals surface area contributed by atoms with Crippen molar-refractivity contribution >= 4 is 17.6 Å². The quantitative estimate of drug-likeness (QED) is 0.281. The summed E-state index contributed by atoms with van der Waals surface area (Å²) in [4.78, 5) is 16.8. The maximum atomic E-state index is 12.3. The first-order valence-corrected chi connectivity index (χ1v) is 11.3. The molecule has 6 nitrogen and oxygen atoms in total. The van der Waals surface area contributed by atoms with E-state index in [2.05, 4.69) is 4.98 Å². The summed E-state index contributed by atoms with van der Waals surface area (Å²) in [6, 6.07) is 20.6. The second kappa shape index (κ2) is 10.4. The average molecular weight is 477 g/mol. The third-order valence-electron chi connectivity index (χ3n) is 5.33. The van der Waals surface area contributed by atoms with Crippen LogP contribution in [-0.2, 0) is 11.3 Å². The van der Waals surface area contributed by atoms with E-state index in [0.717, 1.165) is 28.3 Å².